The zero-order chi connectivity index (χ0) is 11.9. The van der Waals surface area contributed by atoms with Gasteiger partial charge in [0, 0.05) is 19.7 Å². The third kappa shape index (κ3) is 4.13. The summed E-state index contributed by atoms with van der Waals surface area (Å²) in [7, 11) is 0. The number of hydrogen-bond donors (Lipinski definition) is 2. The summed E-state index contributed by atoms with van der Waals surface area (Å²) in [4.78, 5) is 11.8. The topological polar surface area (TPSA) is 50.4 Å². The molecule has 96 valence electrons. The second kappa shape index (κ2) is 6.77. The van der Waals surface area contributed by atoms with Crippen LogP contribution in [0.3, 0.4) is 0 Å². The van der Waals surface area contributed by atoms with Gasteiger partial charge in [-0.2, -0.15) is 0 Å². The first kappa shape index (κ1) is 12.6. The fourth-order valence-corrected chi connectivity index (χ4v) is 2.33. The van der Waals surface area contributed by atoms with E-state index in [0.29, 0.717) is 6.61 Å². The molecule has 1 saturated heterocycles. The maximum absolute atomic E-state index is 11.8. The molecule has 0 bridgehead atoms. The molecule has 1 fully saturated rings. The lowest BCUT2D eigenvalue weighted by Gasteiger charge is -2.21. The lowest BCUT2D eigenvalue weighted by atomic mass is 10.0. The number of carbonyl (C=O) groups excluding carboxylic acids is 1. The molecule has 0 saturated carbocycles. The van der Waals surface area contributed by atoms with Crippen molar-refractivity contribution in [1.82, 2.24) is 10.6 Å². The highest BCUT2D eigenvalue weighted by molar-refractivity contribution is 5.78. The zero-order valence-corrected chi connectivity index (χ0v) is 10.3. The predicted molar refractivity (Wildman–Crippen MR) is 66.7 cm³/mol. The lowest BCUT2D eigenvalue weighted by molar-refractivity contribution is -0.128. The minimum absolute atomic E-state index is 0.0748. The molecule has 0 aromatic carbocycles. The highest BCUT2D eigenvalue weighted by atomic mass is 16.5. The Morgan fingerprint density at radius 1 is 1.59 bits per heavy atom. The van der Waals surface area contributed by atoms with Crippen molar-refractivity contribution in [2.24, 2.45) is 5.92 Å². The Balaban J connectivity index is 1.63. The van der Waals surface area contributed by atoms with Crippen molar-refractivity contribution in [3.63, 3.8) is 0 Å². The Labute approximate surface area is 103 Å². The quantitative estimate of drug-likeness (QED) is 0.714. The fourth-order valence-electron chi connectivity index (χ4n) is 2.33. The van der Waals surface area contributed by atoms with E-state index < -0.39 is 0 Å². The van der Waals surface area contributed by atoms with Crippen molar-refractivity contribution in [3.8, 4) is 0 Å². The number of amides is 1. The van der Waals surface area contributed by atoms with Gasteiger partial charge in [0.15, 0.2) is 0 Å². The van der Waals surface area contributed by atoms with Crippen molar-refractivity contribution in [1.29, 1.82) is 0 Å². The largest absolute Gasteiger partial charge is 0.381 e. The van der Waals surface area contributed by atoms with Crippen LogP contribution in [0.25, 0.3) is 0 Å². The molecule has 2 rings (SSSR count). The Hall–Kier alpha value is -0.870. The average molecular weight is 238 g/mol. The maximum atomic E-state index is 11.8. The average Bonchev–Trinajstić information content (AvgIpc) is 2.41. The Morgan fingerprint density at radius 2 is 2.53 bits per heavy atom. The number of hydrogen-bond acceptors (Lipinski definition) is 3. The summed E-state index contributed by atoms with van der Waals surface area (Å²) in [5.74, 6) is 0.241. The third-order valence-corrected chi connectivity index (χ3v) is 3.43. The molecule has 0 aromatic rings. The molecule has 4 heteroatoms. The van der Waals surface area contributed by atoms with Crippen LogP contribution in [0.4, 0.5) is 0 Å². The molecule has 2 N–H and O–H groups in total. The van der Waals surface area contributed by atoms with E-state index >= 15 is 0 Å². The van der Waals surface area contributed by atoms with Gasteiger partial charge in [0.2, 0.25) is 5.91 Å². The van der Waals surface area contributed by atoms with Crippen molar-refractivity contribution in [2.75, 3.05) is 32.8 Å². The van der Waals surface area contributed by atoms with E-state index in [1.807, 2.05) is 0 Å². The number of rotatable bonds is 4. The molecule has 0 aromatic heterocycles. The molecule has 0 aliphatic carbocycles. The molecule has 0 spiro atoms. The smallest absolute Gasteiger partial charge is 0.225 e. The first-order valence-electron chi connectivity index (χ1n) is 6.60. The van der Waals surface area contributed by atoms with Crippen LogP contribution in [-0.4, -0.2) is 38.8 Å². The van der Waals surface area contributed by atoms with Gasteiger partial charge in [-0.1, -0.05) is 11.6 Å². The highest BCUT2D eigenvalue weighted by Gasteiger charge is 2.21. The SMILES string of the molecule is O=C(NCCC1=CCNCC1)C1CCCOC1. The number of carbonyl (C=O) groups is 1. The normalized spacial score (nSPS) is 25.2. The molecule has 1 amide bonds. The van der Waals surface area contributed by atoms with Crippen LogP contribution in [-0.2, 0) is 9.53 Å². The summed E-state index contributed by atoms with van der Waals surface area (Å²) in [5.41, 5.74) is 1.46. The van der Waals surface area contributed by atoms with E-state index in [1.165, 1.54) is 5.57 Å². The summed E-state index contributed by atoms with van der Waals surface area (Å²) >= 11 is 0. The number of ether oxygens (including phenoxy) is 1. The summed E-state index contributed by atoms with van der Waals surface area (Å²) in [6.07, 6.45) is 6.32. The van der Waals surface area contributed by atoms with Crippen molar-refractivity contribution in [2.45, 2.75) is 25.7 Å². The van der Waals surface area contributed by atoms with Crippen LogP contribution in [0.5, 0.6) is 0 Å². The molecule has 0 radical (unpaired) electrons. The molecule has 2 heterocycles. The summed E-state index contributed by atoms with van der Waals surface area (Å²) in [6, 6.07) is 0. The Kier molecular flexibility index (Phi) is 5.01. The second-order valence-corrected chi connectivity index (χ2v) is 4.77. The van der Waals surface area contributed by atoms with Gasteiger partial charge < -0.3 is 15.4 Å². The van der Waals surface area contributed by atoms with E-state index in [2.05, 4.69) is 16.7 Å². The van der Waals surface area contributed by atoms with Crippen molar-refractivity contribution in [3.05, 3.63) is 11.6 Å². The predicted octanol–water partition coefficient (Wildman–Crippen LogP) is 0.839. The minimum atomic E-state index is 0.0748. The molecular weight excluding hydrogens is 216 g/mol. The lowest BCUT2D eigenvalue weighted by Crippen LogP contribution is -2.36. The van der Waals surface area contributed by atoms with Crippen LogP contribution in [0.15, 0.2) is 11.6 Å². The standard InChI is InChI=1S/C13H22N2O2/c16-13(12-2-1-9-17-10-12)15-8-5-11-3-6-14-7-4-11/h3,12,14H,1-2,4-10H2,(H,15,16). The van der Waals surface area contributed by atoms with E-state index in [0.717, 1.165) is 51.9 Å². The minimum Gasteiger partial charge on any atom is -0.381 e. The van der Waals surface area contributed by atoms with Gasteiger partial charge >= 0.3 is 0 Å². The van der Waals surface area contributed by atoms with Gasteiger partial charge in [-0.3, -0.25) is 4.79 Å². The second-order valence-electron chi connectivity index (χ2n) is 4.77. The van der Waals surface area contributed by atoms with E-state index in [4.69, 9.17) is 4.74 Å². The molecule has 17 heavy (non-hydrogen) atoms. The van der Waals surface area contributed by atoms with Crippen LogP contribution in [0, 0.1) is 5.92 Å². The van der Waals surface area contributed by atoms with E-state index in [-0.39, 0.29) is 11.8 Å². The van der Waals surface area contributed by atoms with Crippen LogP contribution in [0.2, 0.25) is 0 Å². The van der Waals surface area contributed by atoms with Crippen molar-refractivity contribution < 1.29 is 9.53 Å². The van der Waals surface area contributed by atoms with Gasteiger partial charge in [0.05, 0.1) is 12.5 Å². The molecule has 1 atom stereocenters. The van der Waals surface area contributed by atoms with Gasteiger partial charge in [0.1, 0.15) is 0 Å². The molecule has 1 unspecified atom stereocenters. The highest BCUT2D eigenvalue weighted by Crippen LogP contribution is 2.13. The maximum Gasteiger partial charge on any atom is 0.225 e. The van der Waals surface area contributed by atoms with Gasteiger partial charge in [0.25, 0.3) is 0 Å². The van der Waals surface area contributed by atoms with Crippen LogP contribution in [0.1, 0.15) is 25.7 Å². The summed E-state index contributed by atoms with van der Waals surface area (Å²) in [5, 5.41) is 6.30. The Bertz CT molecular complexity index is 283. The van der Waals surface area contributed by atoms with E-state index in [1.54, 1.807) is 0 Å². The first-order chi connectivity index (χ1) is 8.36. The van der Waals surface area contributed by atoms with Gasteiger partial charge in [-0.15, -0.1) is 0 Å². The molecular formula is C13H22N2O2. The molecule has 4 nitrogen and oxygen atoms in total. The fraction of sp³-hybridized carbons (Fsp3) is 0.769. The molecule has 2 aliphatic heterocycles. The monoisotopic (exact) mass is 238 g/mol. The molecule has 2 aliphatic rings. The van der Waals surface area contributed by atoms with E-state index in [9.17, 15) is 4.79 Å². The summed E-state index contributed by atoms with van der Waals surface area (Å²) in [6.45, 7) is 4.21. The number of nitrogens with one attached hydrogen (secondary N) is 2. The van der Waals surface area contributed by atoms with Gasteiger partial charge in [-0.05, 0) is 32.2 Å². The van der Waals surface area contributed by atoms with Crippen LogP contribution >= 0.6 is 0 Å². The summed E-state index contributed by atoms with van der Waals surface area (Å²) < 4.78 is 5.32. The third-order valence-electron chi connectivity index (χ3n) is 3.43. The van der Waals surface area contributed by atoms with Crippen molar-refractivity contribution >= 4 is 5.91 Å². The van der Waals surface area contributed by atoms with Gasteiger partial charge in [-0.25, -0.2) is 0 Å². The van der Waals surface area contributed by atoms with Crippen LogP contribution < -0.4 is 10.6 Å². The Morgan fingerprint density at radius 3 is 3.24 bits per heavy atom. The zero-order valence-electron chi connectivity index (χ0n) is 10.3. The first-order valence-corrected chi connectivity index (χ1v) is 6.60.